The fraction of sp³-hybridized carbons (Fsp3) is 1.00. The zero-order chi connectivity index (χ0) is 7.40. The minimum absolute atomic E-state index is 0.818. The van der Waals surface area contributed by atoms with E-state index in [1.54, 1.807) is 0 Å². The van der Waals surface area contributed by atoms with Crippen molar-refractivity contribution in [2.75, 3.05) is 18.4 Å². The molecule has 1 unspecified atom stereocenters. The first-order chi connectivity index (χ1) is 4.88. The van der Waals surface area contributed by atoms with Crippen LogP contribution < -0.4 is 0 Å². The quantitative estimate of drug-likeness (QED) is 0.626. The van der Waals surface area contributed by atoms with Gasteiger partial charge in [0, 0.05) is 11.4 Å². The number of likely N-dealkylation sites (tertiary alicyclic amines) is 1. The van der Waals surface area contributed by atoms with Crippen LogP contribution in [0.4, 0.5) is 0 Å². The molecule has 0 aromatic rings. The Balaban J connectivity index is 2.34. The van der Waals surface area contributed by atoms with Gasteiger partial charge in [0.25, 0.3) is 0 Å². The molecule has 0 saturated carbocycles. The molecule has 1 aliphatic rings. The highest BCUT2D eigenvalue weighted by molar-refractivity contribution is 9.09. The van der Waals surface area contributed by atoms with Gasteiger partial charge in [0.1, 0.15) is 0 Å². The summed E-state index contributed by atoms with van der Waals surface area (Å²) in [7, 11) is 0. The lowest BCUT2D eigenvalue weighted by Crippen LogP contribution is -2.40. The summed E-state index contributed by atoms with van der Waals surface area (Å²) < 4.78 is 0. The van der Waals surface area contributed by atoms with E-state index in [1.165, 1.54) is 32.4 Å². The van der Waals surface area contributed by atoms with E-state index < -0.39 is 0 Å². The van der Waals surface area contributed by atoms with Gasteiger partial charge in [0.15, 0.2) is 0 Å². The van der Waals surface area contributed by atoms with Crippen LogP contribution in [0.3, 0.4) is 0 Å². The van der Waals surface area contributed by atoms with Crippen LogP contribution in [0.5, 0.6) is 0 Å². The summed E-state index contributed by atoms with van der Waals surface area (Å²) in [5, 5.41) is 1.15. The van der Waals surface area contributed by atoms with Crippen LogP contribution in [-0.2, 0) is 0 Å². The summed E-state index contributed by atoms with van der Waals surface area (Å²) >= 11 is 3.55. The van der Waals surface area contributed by atoms with Gasteiger partial charge in [-0.3, -0.25) is 4.90 Å². The first kappa shape index (κ1) is 8.54. The topological polar surface area (TPSA) is 3.24 Å². The Morgan fingerprint density at radius 2 is 2.30 bits per heavy atom. The van der Waals surface area contributed by atoms with E-state index in [0.717, 1.165) is 11.4 Å². The van der Waals surface area contributed by atoms with E-state index in [1.807, 2.05) is 0 Å². The predicted molar refractivity (Wildman–Crippen MR) is 48.7 cm³/mol. The zero-order valence-corrected chi connectivity index (χ0v) is 8.23. The number of hydrogen-bond acceptors (Lipinski definition) is 1. The average Bonchev–Trinajstić information content (AvgIpc) is 2.04. The molecule has 1 fully saturated rings. The molecular formula is C8H16BrN. The first-order valence-corrected chi connectivity index (χ1v) is 5.30. The fourth-order valence-corrected chi connectivity index (χ4v) is 2.38. The molecule has 0 spiro atoms. The molecule has 1 aliphatic heterocycles. The molecule has 0 aromatic heterocycles. The van der Waals surface area contributed by atoms with Crippen LogP contribution in [-0.4, -0.2) is 29.4 Å². The number of halogens is 1. The standard InChI is InChI=1S/C8H16BrN/c1-2-10-6-4-3-5-8(10)7-9/h8H,2-7H2,1H3. The van der Waals surface area contributed by atoms with Crippen molar-refractivity contribution < 1.29 is 0 Å². The Hall–Kier alpha value is 0.440. The molecule has 2 heteroatoms. The highest BCUT2D eigenvalue weighted by Gasteiger charge is 2.18. The summed E-state index contributed by atoms with van der Waals surface area (Å²) in [6.45, 7) is 4.78. The molecule has 1 nitrogen and oxygen atoms in total. The van der Waals surface area contributed by atoms with Gasteiger partial charge in [0.05, 0.1) is 0 Å². The third kappa shape index (κ3) is 1.96. The van der Waals surface area contributed by atoms with Crippen LogP contribution >= 0.6 is 15.9 Å². The molecule has 0 aliphatic carbocycles. The second-order valence-corrected chi connectivity index (χ2v) is 3.58. The van der Waals surface area contributed by atoms with Gasteiger partial charge in [-0.05, 0) is 25.9 Å². The highest BCUT2D eigenvalue weighted by atomic mass is 79.9. The van der Waals surface area contributed by atoms with Gasteiger partial charge < -0.3 is 0 Å². The third-order valence-corrected chi connectivity index (χ3v) is 3.08. The Labute approximate surface area is 71.9 Å². The number of hydrogen-bond donors (Lipinski definition) is 0. The molecule has 0 N–H and O–H groups in total. The number of nitrogens with zero attached hydrogens (tertiary/aromatic N) is 1. The molecule has 1 atom stereocenters. The molecule has 0 radical (unpaired) electrons. The molecule has 10 heavy (non-hydrogen) atoms. The second-order valence-electron chi connectivity index (χ2n) is 2.93. The Bertz CT molecular complexity index is 83.3. The normalized spacial score (nSPS) is 28.8. The van der Waals surface area contributed by atoms with Gasteiger partial charge in [-0.1, -0.05) is 29.3 Å². The smallest absolute Gasteiger partial charge is 0.0192 e. The molecule has 1 heterocycles. The zero-order valence-electron chi connectivity index (χ0n) is 6.65. The summed E-state index contributed by atoms with van der Waals surface area (Å²) in [5.41, 5.74) is 0. The van der Waals surface area contributed by atoms with Crippen LogP contribution in [0.1, 0.15) is 26.2 Å². The minimum atomic E-state index is 0.818. The van der Waals surface area contributed by atoms with Crippen molar-refractivity contribution in [3.8, 4) is 0 Å². The average molecular weight is 206 g/mol. The van der Waals surface area contributed by atoms with Crippen molar-refractivity contribution in [3.05, 3.63) is 0 Å². The molecule has 1 rings (SSSR count). The lowest BCUT2D eigenvalue weighted by Gasteiger charge is -2.33. The molecule has 60 valence electrons. The van der Waals surface area contributed by atoms with Crippen LogP contribution in [0.2, 0.25) is 0 Å². The van der Waals surface area contributed by atoms with Crippen molar-refractivity contribution in [2.24, 2.45) is 0 Å². The number of piperidine rings is 1. The summed E-state index contributed by atoms with van der Waals surface area (Å²) in [4.78, 5) is 2.57. The van der Waals surface area contributed by atoms with Crippen molar-refractivity contribution >= 4 is 15.9 Å². The van der Waals surface area contributed by atoms with Crippen molar-refractivity contribution in [1.29, 1.82) is 0 Å². The van der Waals surface area contributed by atoms with Gasteiger partial charge in [0.2, 0.25) is 0 Å². The Kier molecular flexibility index (Phi) is 3.71. The minimum Gasteiger partial charge on any atom is -0.300 e. The first-order valence-electron chi connectivity index (χ1n) is 4.18. The van der Waals surface area contributed by atoms with E-state index in [2.05, 4.69) is 27.8 Å². The maximum absolute atomic E-state index is 3.55. The summed E-state index contributed by atoms with van der Waals surface area (Å²) in [6, 6.07) is 0.818. The van der Waals surface area contributed by atoms with E-state index in [-0.39, 0.29) is 0 Å². The monoisotopic (exact) mass is 205 g/mol. The lowest BCUT2D eigenvalue weighted by atomic mass is 10.0. The van der Waals surface area contributed by atoms with E-state index >= 15 is 0 Å². The maximum atomic E-state index is 3.55. The van der Waals surface area contributed by atoms with Crippen LogP contribution in [0.15, 0.2) is 0 Å². The van der Waals surface area contributed by atoms with Crippen molar-refractivity contribution in [2.45, 2.75) is 32.2 Å². The van der Waals surface area contributed by atoms with Crippen LogP contribution in [0.25, 0.3) is 0 Å². The van der Waals surface area contributed by atoms with E-state index in [4.69, 9.17) is 0 Å². The molecule has 0 amide bonds. The highest BCUT2D eigenvalue weighted by Crippen LogP contribution is 2.17. The Morgan fingerprint density at radius 1 is 1.50 bits per heavy atom. The number of rotatable bonds is 2. The maximum Gasteiger partial charge on any atom is 0.0192 e. The fourth-order valence-electron chi connectivity index (χ4n) is 1.65. The van der Waals surface area contributed by atoms with E-state index in [9.17, 15) is 0 Å². The molecule has 0 bridgehead atoms. The van der Waals surface area contributed by atoms with E-state index in [0.29, 0.717) is 0 Å². The van der Waals surface area contributed by atoms with Gasteiger partial charge >= 0.3 is 0 Å². The molecule has 1 saturated heterocycles. The number of alkyl halides is 1. The molecule has 0 aromatic carbocycles. The lowest BCUT2D eigenvalue weighted by molar-refractivity contribution is 0.174. The van der Waals surface area contributed by atoms with Crippen molar-refractivity contribution in [1.82, 2.24) is 4.90 Å². The van der Waals surface area contributed by atoms with Crippen LogP contribution in [0, 0.1) is 0 Å². The van der Waals surface area contributed by atoms with Gasteiger partial charge in [-0.2, -0.15) is 0 Å². The second kappa shape index (κ2) is 4.35. The SMILES string of the molecule is CCN1CCCCC1CBr. The largest absolute Gasteiger partial charge is 0.300 e. The summed E-state index contributed by atoms with van der Waals surface area (Å²) in [6.07, 6.45) is 4.21. The molecular weight excluding hydrogens is 190 g/mol. The summed E-state index contributed by atoms with van der Waals surface area (Å²) in [5.74, 6) is 0. The van der Waals surface area contributed by atoms with Crippen molar-refractivity contribution in [3.63, 3.8) is 0 Å². The van der Waals surface area contributed by atoms with Gasteiger partial charge in [-0.15, -0.1) is 0 Å². The third-order valence-electron chi connectivity index (χ3n) is 2.33. The van der Waals surface area contributed by atoms with Gasteiger partial charge in [-0.25, -0.2) is 0 Å². The predicted octanol–water partition coefficient (Wildman–Crippen LogP) is 2.26. The Morgan fingerprint density at radius 3 is 2.80 bits per heavy atom.